The standard InChI is InChI=1S/C14H21N/c1-9(2)13-11(4)15(5)14-10(3)7-6-8-12(13)14/h6,8-10H,7H2,1-5H3. The molecule has 1 unspecified atom stereocenters. The molecule has 0 fully saturated rings. The van der Waals surface area contributed by atoms with E-state index in [1.165, 1.54) is 28.9 Å². The molecule has 1 aromatic rings. The van der Waals surface area contributed by atoms with E-state index >= 15 is 0 Å². The van der Waals surface area contributed by atoms with Crippen LogP contribution >= 0.6 is 0 Å². The molecule has 1 heterocycles. The van der Waals surface area contributed by atoms with Crippen molar-refractivity contribution in [1.29, 1.82) is 0 Å². The van der Waals surface area contributed by atoms with Crippen LogP contribution in [0.4, 0.5) is 0 Å². The summed E-state index contributed by atoms with van der Waals surface area (Å²) >= 11 is 0. The predicted molar refractivity (Wildman–Crippen MR) is 66.3 cm³/mol. The molecule has 1 aliphatic carbocycles. The molecule has 0 spiro atoms. The highest BCUT2D eigenvalue weighted by molar-refractivity contribution is 5.63. The van der Waals surface area contributed by atoms with Crippen LogP contribution < -0.4 is 0 Å². The van der Waals surface area contributed by atoms with Crippen molar-refractivity contribution in [2.45, 2.75) is 46.0 Å². The highest BCUT2D eigenvalue weighted by atomic mass is 15.0. The Kier molecular flexibility index (Phi) is 2.49. The summed E-state index contributed by atoms with van der Waals surface area (Å²) in [6, 6.07) is 0. The van der Waals surface area contributed by atoms with Crippen LogP contribution in [0.2, 0.25) is 0 Å². The van der Waals surface area contributed by atoms with Gasteiger partial charge in [0.25, 0.3) is 0 Å². The van der Waals surface area contributed by atoms with E-state index in [1.54, 1.807) is 0 Å². The van der Waals surface area contributed by atoms with Crippen LogP contribution in [0, 0.1) is 6.92 Å². The average Bonchev–Trinajstić information content (AvgIpc) is 2.41. The molecule has 0 saturated heterocycles. The van der Waals surface area contributed by atoms with E-state index in [1.807, 2.05) is 0 Å². The second-order valence-electron chi connectivity index (χ2n) is 5.05. The summed E-state index contributed by atoms with van der Waals surface area (Å²) in [5.41, 5.74) is 5.99. The van der Waals surface area contributed by atoms with Gasteiger partial charge in [-0.05, 0) is 30.4 Å². The molecule has 0 aliphatic heterocycles. The van der Waals surface area contributed by atoms with Gasteiger partial charge in [0, 0.05) is 24.4 Å². The van der Waals surface area contributed by atoms with Gasteiger partial charge in [-0.15, -0.1) is 0 Å². The Morgan fingerprint density at radius 2 is 2.07 bits per heavy atom. The van der Waals surface area contributed by atoms with Gasteiger partial charge >= 0.3 is 0 Å². The maximum atomic E-state index is 2.39. The molecule has 0 radical (unpaired) electrons. The van der Waals surface area contributed by atoms with E-state index in [4.69, 9.17) is 0 Å². The van der Waals surface area contributed by atoms with Crippen molar-refractivity contribution in [2.75, 3.05) is 0 Å². The fraction of sp³-hybridized carbons (Fsp3) is 0.571. The fourth-order valence-electron chi connectivity index (χ4n) is 2.88. The van der Waals surface area contributed by atoms with Crippen molar-refractivity contribution in [3.8, 4) is 0 Å². The normalized spacial score (nSPS) is 19.7. The summed E-state index contributed by atoms with van der Waals surface area (Å²) < 4.78 is 2.39. The molecule has 0 amide bonds. The van der Waals surface area contributed by atoms with E-state index < -0.39 is 0 Å². The number of aromatic nitrogens is 1. The third-order valence-corrected chi connectivity index (χ3v) is 3.64. The minimum Gasteiger partial charge on any atom is -0.351 e. The first-order valence-corrected chi connectivity index (χ1v) is 5.89. The van der Waals surface area contributed by atoms with Crippen LogP contribution in [0.3, 0.4) is 0 Å². The Bertz CT molecular complexity index is 404. The minimum atomic E-state index is 0.620. The molecule has 82 valence electrons. The third-order valence-electron chi connectivity index (χ3n) is 3.64. The molecular weight excluding hydrogens is 182 g/mol. The zero-order valence-electron chi connectivity index (χ0n) is 10.5. The Hall–Kier alpha value is -0.980. The molecular formula is C14H21N. The molecule has 0 saturated carbocycles. The molecule has 2 rings (SSSR count). The lowest BCUT2D eigenvalue weighted by molar-refractivity contribution is 0.678. The average molecular weight is 203 g/mol. The van der Waals surface area contributed by atoms with E-state index in [0.717, 1.165) is 0 Å². The summed E-state index contributed by atoms with van der Waals surface area (Å²) in [6.07, 6.45) is 5.82. The first-order chi connectivity index (χ1) is 7.04. The minimum absolute atomic E-state index is 0.620. The molecule has 1 aliphatic rings. The number of nitrogens with zero attached hydrogens (tertiary/aromatic N) is 1. The maximum Gasteiger partial charge on any atom is 0.0281 e. The van der Waals surface area contributed by atoms with Gasteiger partial charge in [-0.1, -0.05) is 32.9 Å². The first-order valence-electron chi connectivity index (χ1n) is 5.89. The largest absolute Gasteiger partial charge is 0.351 e. The Labute approximate surface area is 92.8 Å². The molecule has 1 atom stereocenters. The quantitative estimate of drug-likeness (QED) is 0.650. The van der Waals surface area contributed by atoms with Crippen molar-refractivity contribution in [1.82, 2.24) is 4.57 Å². The second kappa shape index (κ2) is 3.55. The monoisotopic (exact) mass is 203 g/mol. The van der Waals surface area contributed by atoms with Crippen LogP contribution in [0.1, 0.15) is 61.5 Å². The van der Waals surface area contributed by atoms with Crippen molar-refractivity contribution in [2.24, 2.45) is 7.05 Å². The molecule has 15 heavy (non-hydrogen) atoms. The molecule has 1 aromatic heterocycles. The zero-order chi connectivity index (χ0) is 11.2. The van der Waals surface area contributed by atoms with Gasteiger partial charge < -0.3 is 4.57 Å². The molecule has 1 heteroatoms. The second-order valence-corrected chi connectivity index (χ2v) is 5.05. The van der Waals surface area contributed by atoms with Gasteiger partial charge in [-0.3, -0.25) is 0 Å². The summed E-state index contributed by atoms with van der Waals surface area (Å²) in [4.78, 5) is 0. The van der Waals surface area contributed by atoms with Crippen LogP contribution in [-0.4, -0.2) is 4.57 Å². The van der Waals surface area contributed by atoms with Crippen LogP contribution in [-0.2, 0) is 7.05 Å². The van der Waals surface area contributed by atoms with Crippen molar-refractivity contribution < 1.29 is 0 Å². The lowest BCUT2D eigenvalue weighted by atomic mass is 9.89. The maximum absolute atomic E-state index is 2.39. The van der Waals surface area contributed by atoms with Gasteiger partial charge in [0.05, 0.1) is 0 Å². The van der Waals surface area contributed by atoms with E-state index in [2.05, 4.69) is 51.5 Å². The summed E-state index contributed by atoms with van der Waals surface area (Å²) in [5, 5.41) is 0. The van der Waals surface area contributed by atoms with Crippen molar-refractivity contribution in [3.63, 3.8) is 0 Å². The Morgan fingerprint density at radius 3 is 2.67 bits per heavy atom. The number of allylic oxidation sites excluding steroid dienone is 1. The number of hydrogen-bond donors (Lipinski definition) is 0. The van der Waals surface area contributed by atoms with Crippen molar-refractivity contribution in [3.05, 3.63) is 28.6 Å². The van der Waals surface area contributed by atoms with Crippen LogP contribution in [0.5, 0.6) is 0 Å². The van der Waals surface area contributed by atoms with Gasteiger partial charge in [0.15, 0.2) is 0 Å². The van der Waals surface area contributed by atoms with Crippen molar-refractivity contribution >= 4 is 6.08 Å². The zero-order valence-corrected chi connectivity index (χ0v) is 10.5. The van der Waals surface area contributed by atoms with Gasteiger partial charge in [0.2, 0.25) is 0 Å². The lowest BCUT2D eigenvalue weighted by Crippen LogP contribution is -2.05. The summed E-state index contributed by atoms with van der Waals surface area (Å²) in [5.74, 6) is 1.29. The Morgan fingerprint density at radius 1 is 1.40 bits per heavy atom. The molecule has 0 N–H and O–H groups in total. The van der Waals surface area contributed by atoms with Gasteiger partial charge in [-0.25, -0.2) is 0 Å². The third kappa shape index (κ3) is 1.45. The topological polar surface area (TPSA) is 4.93 Å². The van der Waals surface area contributed by atoms with E-state index in [0.29, 0.717) is 11.8 Å². The Balaban J connectivity index is 2.70. The predicted octanol–water partition coefficient (Wildman–Crippen LogP) is 3.98. The van der Waals surface area contributed by atoms with Gasteiger partial charge in [0.1, 0.15) is 0 Å². The smallest absolute Gasteiger partial charge is 0.0281 e. The first kappa shape index (κ1) is 10.5. The SMILES string of the molecule is Cc1c(C(C)C)c2c(n1C)C(C)CC=C2. The number of fused-ring (bicyclic) bond motifs is 1. The molecule has 0 aromatic carbocycles. The van der Waals surface area contributed by atoms with Crippen LogP contribution in [0.15, 0.2) is 6.08 Å². The van der Waals surface area contributed by atoms with Gasteiger partial charge in [-0.2, -0.15) is 0 Å². The highest BCUT2D eigenvalue weighted by Crippen LogP contribution is 2.37. The summed E-state index contributed by atoms with van der Waals surface area (Å²) in [7, 11) is 2.20. The van der Waals surface area contributed by atoms with Crippen LogP contribution in [0.25, 0.3) is 6.08 Å². The number of rotatable bonds is 1. The fourth-order valence-corrected chi connectivity index (χ4v) is 2.88. The lowest BCUT2D eigenvalue weighted by Gasteiger charge is -2.17. The number of hydrogen-bond acceptors (Lipinski definition) is 0. The summed E-state index contributed by atoms with van der Waals surface area (Å²) in [6.45, 7) is 9.14. The van der Waals surface area contributed by atoms with E-state index in [9.17, 15) is 0 Å². The molecule has 0 bridgehead atoms. The molecule has 1 nitrogen and oxygen atoms in total. The van der Waals surface area contributed by atoms with E-state index in [-0.39, 0.29) is 0 Å². The highest BCUT2D eigenvalue weighted by Gasteiger charge is 2.23.